The number of nitrogens with one attached hydrogen (secondary N) is 1. The van der Waals surface area contributed by atoms with Gasteiger partial charge in [-0.25, -0.2) is 9.37 Å². The highest BCUT2D eigenvalue weighted by Gasteiger charge is 2.26. The molecular weight excluding hydrogens is 219 g/mol. The van der Waals surface area contributed by atoms with Crippen LogP contribution in [-0.2, 0) is 0 Å². The normalized spacial score (nSPS) is 13.4. The molecule has 0 aromatic carbocycles. The molecule has 0 bridgehead atoms. The summed E-state index contributed by atoms with van der Waals surface area (Å²) in [7, 11) is 3.56. The van der Waals surface area contributed by atoms with Crippen LogP contribution in [0.25, 0.3) is 0 Å². The number of aromatic nitrogens is 2. The number of nitrogens with zero attached hydrogens (tertiary/aromatic N) is 3. The lowest BCUT2D eigenvalue weighted by Gasteiger charge is -2.36. The van der Waals surface area contributed by atoms with Crippen LogP contribution in [0.4, 0.5) is 16.2 Å². The van der Waals surface area contributed by atoms with Crippen LogP contribution in [-0.4, -0.2) is 30.1 Å². The number of rotatable bonds is 3. The van der Waals surface area contributed by atoms with E-state index in [-0.39, 0.29) is 11.5 Å². The second kappa shape index (κ2) is 4.85. The molecule has 0 aliphatic carbocycles. The van der Waals surface area contributed by atoms with Crippen molar-refractivity contribution in [3.05, 3.63) is 12.0 Å². The van der Waals surface area contributed by atoms with Crippen LogP contribution in [0.1, 0.15) is 27.7 Å². The molecular formula is C12H21FN4. The number of halogens is 1. The van der Waals surface area contributed by atoms with Crippen LogP contribution in [0.15, 0.2) is 6.20 Å². The van der Waals surface area contributed by atoms with Gasteiger partial charge in [0.15, 0.2) is 11.6 Å². The van der Waals surface area contributed by atoms with Crippen LogP contribution >= 0.6 is 0 Å². The second-order valence-electron chi connectivity index (χ2n) is 5.27. The zero-order valence-corrected chi connectivity index (χ0v) is 11.4. The molecule has 1 heterocycles. The lowest BCUT2D eigenvalue weighted by Crippen LogP contribution is -2.40. The van der Waals surface area contributed by atoms with E-state index in [1.165, 1.54) is 6.20 Å². The van der Waals surface area contributed by atoms with Gasteiger partial charge in [0.1, 0.15) is 0 Å². The molecule has 1 unspecified atom stereocenters. The van der Waals surface area contributed by atoms with E-state index in [4.69, 9.17) is 0 Å². The lowest BCUT2D eigenvalue weighted by molar-refractivity contribution is 0.326. The molecule has 1 rings (SSSR count). The third-order valence-corrected chi connectivity index (χ3v) is 3.12. The molecule has 1 aromatic rings. The number of hydrogen-bond donors (Lipinski definition) is 1. The van der Waals surface area contributed by atoms with Gasteiger partial charge in [-0.05, 0) is 12.3 Å². The molecule has 0 fully saturated rings. The Bertz CT molecular complexity index is 387. The second-order valence-corrected chi connectivity index (χ2v) is 5.27. The van der Waals surface area contributed by atoms with E-state index in [1.807, 2.05) is 11.9 Å². The van der Waals surface area contributed by atoms with E-state index in [1.54, 1.807) is 7.05 Å². The molecule has 96 valence electrons. The smallest absolute Gasteiger partial charge is 0.224 e. The Balaban J connectivity index is 3.07. The van der Waals surface area contributed by atoms with E-state index < -0.39 is 5.82 Å². The quantitative estimate of drug-likeness (QED) is 0.881. The summed E-state index contributed by atoms with van der Waals surface area (Å²) in [4.78, 5) is 9.84. The molecule has 0 aliphatic heterocycles. The molecule has 17 heavy (non-hydrogen) atoms. The van der Waals surface area contributed by atoms with Crippen molar-refractivity contribution in [2.75, 3.05) is 24.3 Å². The average Bonchev–Trinajstić information content (AvgIpc) is 2.26. The third kappa shape index (κ3) is 3.05. The average molecular weight is 240 g/mol. The standard InChI is InChI=1S/C12H21FN4/c1-8(12(2,3)4)17(6)10-9(13)7-15-11(14-5)16-10/h7-8H,1-6H3,(H,14,15,16). The van der Waals surface area contributed by atoms with Crippen molar-refractivity contribution >= 4 is 11.8 Å². The Kier molecular flexibility index (Phi) is 3.91. The van der Waals surface area contributed by atoms with Crippen molar-refractivity contribution in [3.8, 4) is 0 Å². The summed E-state index contributed by atoms with van der Waals surface area (Å²) >= 11 is 0. The van der Waals surface area contributed by atoms with Crippen molar-refractivity contribution in [1.82, 2.24) is 9.97 Å². The van der Waals surface area contributed by atoms with E-state index >= 15 is 0 Å². The predicted molar refractivity (Wildman–Crippen MR) is 68.9 cm³/mol. The molecule has 5 heteroatoms. The van der Waals surface area contributed by atoms with Gasteiger partial charge in [-0.15, -0.1) is 0 Å². The zero-order valence-electron chi connectivity index (χ0n) is 11.4. The van der Waals surface area contributed by atoms with Gasteiger partial charge in [0.25, 0.3) is 0 Å². The fourth-order valence-corrected chi connectivity index (χ4v) is 1.49. The van der Waals surface area contributed by atoms with Crippen molar-refractivity contribution in [2.45, 2.75) is 33.7 Å². The highest BCUT2D eigenvalue weighted by atomic mass is 19.1. The summed E-state index contributed by atoms with van der Waals surface area (Å²) in [5, 5.41) is 2.81. The summed E-state index contributed by atoms with van der Waals surface area (Å²) in [5.41, 5.74) is 0.0476. The van der Waals surface area contributed by atoms with E-state index in [0.717, 1.165) is 0 Å². The SMILES string of the molecule is CNc1ncc(F)c(N(C)C(C)C(C)(C)C)n1. The van der Waals surface area contributed by atoms with Crippen molar-refractivity contribution in [1.29, 1.82) is 0 Å². The lowest BCUT2D eigenvalue weighted by atomic mass is 9.87. The van der Waals surface area contributed by atoms with Gasteiger partial charge in [0, 0.05) is 20.1 Å². The highest BCUT2D eigenvalue weighted by Crippen LogP contribution is 2.27. The first-order valence-electron chi connectivity index (χ1n) is 5.70. The van der Waals surface area contributed by atoms with Crippen LogP contribution < -0.4 is 10.2 Å². The third-order valence-electron chi connectivity index (χ3n) is 3.12. The first-order chi connectivity index (χ1) is 7.77. The van der Waals surface area contributed by atoms with Crippen LogP contribution in [0.3, 0.4) is 0 Å². The summed E-state index contributed by atoms with van der Waals surface area (Å²) in [6, 6.07) is 0.164. The van der Waals surface area contributed by atoms with Gasteiger partial charge in [0.05, 0.1) is 6.20 Å². The molecule has 1 atom stereocenters. The Morgan fingerprint density at radius 2 is 2.00 bits per heavy atom. The summed E-state index contributed by atoms with van der Waals surface area (Å²) in [5.74, 6) is 0.351. The minimum absolute atomic E-state index is 0.0476. The van der Waals surface area contributed by atoms with E-state index in [2.05, 4.69) is 43.0 Å². The van der Waals surface area contributed by atoms with Crippen LogP contribution in [0, 0.1) is 11.2 Å². The number of anilines is 2. The zero-order chi connectivity index (χ0) is 13.2. The van der Waals surface area contributed by atoms with Gasteiger partial charge in [-0.1, -0.05) is 20.8 Å². The van der Waals surface area contributed by atoms with Crippen molar-refractivity contribution in [2.24, 2.45) is 5.41 Å². The molecule has 4 nitrogen and oxygen atoms in total. The molecule has 0 amide bonds. The van der Waals surface area contributed by atoms with E-state index in [9.17, 15) is 4.39 Å². The van der Waals surface area contributed by atoms with Crippen molar-refractivity contribution in [3.63, 3.8) is 0 Å². The minimum atomic E-state index is -0.400. The molecule has 0 radical (unpaired) electrons. The largest absolute Gasteiger partial charge is 0.357 e. The Labute approximate surface area is 102 Å². The molecule has 0 aliphatic rings. The molecule has 0 saturated heterocycles. The topological polar surface area (TPSA) is 41.1 Å². The molecule has 1 aromatic heterocycles. The minimum Gasteiger partial charge on any atom is -0.357 e. The Morgan fingerprint density at radius 3 is 2.47 bits per heavy atom. The van der Waals surface area contributed by atoms with Gasteiger partial charge in [0.2, 0.25) is 5.95 Å². The maximum atomic E-state index is 13.7. The fraction of sp³-hybridized carbons (Fsp3) is 0.667. The Morgan fingerprint density at radius 1 is 1.41 bits per heavy atom. The maximum Gasteiger partial charge on any atom is 0.224 e. The molecule has 0 saturated carbocycles. The van der Waals surface area contributed by atoms with Gasteiger partial charge in [-0.3, -0.25) is 0 Å². The summed E-state index contributed by atoms with van der Waals surface area (Å²) in [6.45, 7) is 8.41. The van der Waals surface area contributed by atoms with E-state index in [0.29, 0.717) is 11.8 Å². The van der Waals surface area contributed by atoms with Crippen molar-refractivity contribution < 1.29 is 4.39 Å². The monoisotopic (exact) mass is 240 g/mol. The van der Waals surface area contributed by atoms with Crippen LogP contribution in [0.2, 0.25) is 0 Å². The fourth-order valence-electron chi connectivity index (χ4n) is 1.49. The highest BCUT2D eigenvalue weighted by molar-refractivity contribution is 5.44. The molecule has 0 spiro atoms. The maximum absolute atomic E-state index is 13.7. The van der Waals surface area contributed by atoms with Gasteiger partial charge >= 0.3 is 0 Å². The Hall–Kier alpha value is -1.39. The van der Waals surface area contributed by atoms with Gasteiger partial charge < -0.3 is 10.2 Å². The summed E-state index contributed by atoms with van der Waals surface area (Å²) in [6.07, 6.45) is 1.19. The predicted octanol–water partition coefficient (Wildman–Crippen LogP) is 2.53. The first-order valence-corrected chi connectivity index (χ1v) is 5.70. The summed E-state index contributed by atoms with van der Waals surface area (Å²) < 4.78 is 13.7. The van der Waals surface area contributed by atoms with Crippen LogP contribution in [0.5, 0.6) is 0 Å². The molecule has 1 N–H and O–H groups in total. The number of hydrogen-bond acceptors (Lipinski definition) is 4. The first kappa shape index (κ1) is 13.7. The van der Waals surface area contributed by atoms with Gasteiger partial charge in [-0.2, -0.15) is 4.98 Å².